The van der Waals surface area contributed by atoms with Crippen molar-refractivity contribution in [3.8, 4) is 0 Å². The summed E-state index contributed by atoms with van der Waals surface area (Å²) < 4.78 is 28.0. The molecular weight excluding hydrogens is 304 g/mol. The van der Waals surface area contributed by atoms with Gasteiger partial charge in [0.1, 0.15) is 4.90 Å². The van der Waals surface area contributed by atoms with E-state index in [4.69, 9.17) is 0 Å². The Hall–Kier alpha value is -1.21. The number of fused-ring (bicyclic) bond motifs is 1. The van der Waals surface area contributed by atoms with Crippen molar-refractivity contribution in [2.75, 3.05) is 20.1 Å². The lowest BCUT2D eigenvalue weighted by Gasteiger charge is -2.16. The van der Waals surface area contributed by atoms with E-state index in [9.17, 15) is 8.42 Å². The number of likely N-dealkylation sites (N-methyl/N-ethyl adjacent to an activating group) is 1. The van der Waals surface area contributed by atoms with Crippen LogP contribution in [0, 0.1) is 0 Å². The van der Waals surface area contributed by atoms with Crippen molar-refractivity contribution < 1.29 is 8.42 Å². The van der Waals surface area contributed by atoms with Gasteiger partial charge in [-0.1, -0.05) is 31.2 Å². The molecule has 114 valence electrons. The molecule has 0 fully saturated rings. The molecule has 1 heterocycles. The second kappa shape index (κ2) is 6.70. The number of rotatable bonds is 7. The first-order valence-corrected chi connectivity index (χ1v) is 9.06. The first-order chi connectivity index (χ1) is 10.0. The van der Waals surface area contributed by atoms with Gasteiger partial charge in [0.25, 0.3) is 0 Å². The SMILES string of the molecule is C=CCN(C)S(=O)(=O)c1c(CNCC)sc2ccccc12. The highest BCUT2D eigenvalue weighted by molar-refractivity contribution is 7.89. The van der Waals surface area contributed by atoms with Crippen LogP contribution < -0.4 is 5.32 Å². The smallest absolute Gasteiger partial charge is 0.244 e. The maximum absolute atomic E-state index is 12.8. The molecule has 0 aliphatic heterocycles. The molecule has 0 saturated heterocycles. The van der Waals surface area contributed by atoms with Crippen LogP contribution in [0.2, 0.25) is 0 Å². The summed E-state index contributed by atoms with van der Waals surface area (Å²) >= 11 is 1.53. The predicted molar refractivity (Wildman–Crippen MR) is 89.2 cm³/mol. The van der Waals surface area contributed by atoms with E-state index >= 15 is 0 Å². The zero-order valence-electron chi connectivity index (χ0n) is 12.3. The third-order valence-electron chi connectivity index (χ3n) is 3.21. The average Bonchev–Trinajstić information content (AvgIpc) is 2.84. The maximum Gasteiger partial charge on any atom is 0.244 e. The van der Waals surface area contributed by atoms with Gasteiger partial charge in [-0.2, -0.15) is 4.31 Å². The van der Waals surface area contributed by atoms with E-state index in [1.807, 2.05) is 31.2 Å². The van der Waals surface area contributed by atoms with Crippen LogP contribution in [0.4, 0.5) is 0 Å². The molecule has 2 rings (SSSR count). The Morgan fingerprint density at radius 2 is 2.10 bits per heavy atom. The van der Waals surface area contributed by atoms with E-state index in [2.05, 4.69) is 11.9 Å². The van der Waals surface area contributed by atoms with Gasteiger partial charge >= 0.3 is 0 Å². The highest BCUT2D eigenvalue weighted by atomic mass is 32.2. The minimum Gasteiger partial charge on any atom is -0.312 e. The van der Waals surface area contributed by atoms with E-state index in [0.717, 1.165) is 21.5 Å². The van der Waals surface area contributed by atoms with E-state index in [0.29, 0.717) is 18.0 Å². The summed E-state index contributed by atoms with van der Waals surface area (Å²) in [4.78, 5) is 1.28. The second-order valence-electron chi connectivity index (χ2n) is 4.71. The summed E-state index contributed by atoms with van der Waals surface area (Å²) in [6.45, 7) is 7.28. The highest BCUT2D eigenvalue weighted by Gasteiger charge is 2.27. The van der Waals surface area contributed by atoms with Crippen LogP contribution in [0.25, 0.3) is 10.1 Å². The molecule has 1 N–H and O–H groups in total. The standard InChI is InChI=1S/C15H20N2O2S2/c1-4-10-17(3)21(18,19)15-12-8-6-7-9-13(12)20-14(15)11-16-5-2/h4,6-9,16H,1,5,10-11H2,2-3H3. The van der Waals surface area contributed by atoms with Crippen LogP contribution >= 0.6 is 11.3 Å². The van der Waals surface area contributed by atoms with Gasteiger partial charge in [-0.3, -0.25) is 0 Å². The van der Waals surface area contributed by atoms with Crippen LogP contribution in [0.15, 0.2) is 41.8 Å². The topological polar surface area (TPSA) is 49.4 Å². The van der Waals surface area contributed by atoms with Crippen molar-refractivity contribution in [1.29, 1.82) is 0 Å². The Morgan fingerprint density at radius 3 is 2.76 bits per heavy atom. The number of hydrogen-bond donors (Lipinski definition) is 1. The van der Waals surface area contributed by atoms with Crippen molar-refractivity contribution in [2.45, 2.75) is 18.4 Å². The fraction of sp³-hybridized carbons (Fsp3) is 0.333. The molecule has 21 heavy (non-hydrogen) atoms. The Bertz CT molecular complexity index is 735. The first kappa shape index (κ1) is 16.2. The lowest BCUT2D eigenvalue weighted by Crippen LogP contribution is -2.28. The van der Waals surface area contributed by atoms with Gasteiger partial charge in [-0.15, -0.1) is 17.9 Å². The van der Waals surface area contributed by atoms with Crippen molar-refractivity contribution in [3.05, 3.63) is 41.8 Å². The molecule has 0 saturated carbocycles. The summed E-state index contributed by atoms with van der Waals surface area (Å²) in [5.74, 6) is 0. The van der Waals surface area contributed by atoms with Crippen LogP contribution in [0.3, 0.4) is 0 Å². The monoisotopic (exact) mass is 324 g/mol. The average molecular weight is 324 g/mol. The summed E-state index contributed by atoms with van der Waals surface area (Å²) in [6.07, 6.45) is 1.59. The fourth-order valence-electron chi connectivity index (χ4n) is 2.15. The predicted octanol–water partition coefficient (Wildman–Crippen LogP) is 2.82. The largest absolute Gasteiger partial charge is 0.312 e. The summed E-state index contributed by atoms with van der Waals surface area (Å²) in [7, 11) is -1.93. The van der Waals surface area contributed by atoms with Crippen LogP contribution in [0.1, 0.15) is 11.8 Å². The Balaban J connectivity index is 2.61. The molecule has 0 aliphatic carbocycles. The lowest BCUT2D eigenvalue weighted by atomic mass is 10.2. The molecule has 4 nitrogen and oxygen atoms in total. The molecule has 2 aromatic rings. The Kier molecular flexibility index (Phi) is 5.16. The molecule has 0 atom stereocenters. The molecule has 0 spiro atoms. The zero-order chi connectivity index (χ0) is 15.5. The molecule has 0 aliphatic rings. The first-order valence-electron chi connectivity index (χ1n) is 6.80. The Labute approximate surface area is 130 Å². The van der Waals surface area contributed by atoms with Crippen LogP contribution in [0.5, 0.6) is 0 Å². The molecule has 6 heteroatoms. The van der Waals surface area contributed by atoms with Crippen molar-refractivity contribution >= 4 is 31.4 Å². The quantitative estimate of drug-likeness (QED) is 0.797. The van der Waals surface area contributed by atoms with Gasteiger partial charge < -0.3 is 5.32 Å². The summed E-state index contributed by atoms with van der Waals surface area (Å²) in [5, 5.41) is 4.01. The van der Waals surface area contributed by atoms with Crippen LogP contribution in [-0.2, 0) is 16.6 Å². The highest BCUT2D eigenvalue weighted by Crippen LogP contribution is 2.36. The van der Waals surface area contributed by atoms with Crippen molar-refractivity contribution in [2.24, 2.45) is 0 Å². The van der Waals surface area contributed by atoms with E-state index in [-0.39, 0.29) is 0 Å². The van der Waals surface area contributed by atoms with Crippen molar-refractivity contribution in [1.82, 2.24) is 9.62 Å². The minimum atomic E-state index is -3.51. The number of nitrogens with one attached hydrogen (secondary N) is 1. The van der Waals surface area contributed by atoms with Gasteiger partial charge in [0.05, 0.1) is 0 Å². The molecule has 0 bridgehead atoms. The number of benzene rings is 1. The van der Waals surface area contributed by atoms with Crippen molar-refractivity contribution in [3.63, 3.8) is 0 Å². The van der Waals surface area contributed by atoms with Gasteiger partial charge in [0.2, 0.25) is 10.0 Å². The lowest BCUT2D eigenvalue weighted by molar-refractivity contribution is 0.499. The second-order valence-corrected chi connectivity index (χ2v) is 7.82. The fourth-order valence-corrected chi connectivity index (χ4v) is 5.15. The molecule has 0 amide bonds. The third kappa shape index (κ3) is 3.18. The number of thiophene rings is 1. The summed E-state index contributed by atoms with van der Waals surface area (Å²) in [6, 6.07) is 7.64. The molecule has 1 aromatic heterocycles. The molecular formula is C15H20N2O2S2. The maximum atomic E-state index is 12.8. The normalized spacial score (nSPS) is 12.1. The van der Waals surface area contributed by atoms with E-state index < -0.39 is 10.0 Å². The number of nitrogens with zero attached hydrogens (tertiary/aromatic N) is 1. The van der Waals surface area contributed by atoms with E-state index in [1.165, 1.54) is 15.6 Å². The molecule has 0 radical (unpaired) electrons. The van der Waals surface area contributed by atoms with Gasteiger partial charge in [0, 0.05) is 35.1 Å². The Morgan fingerprint density at radius 1 is 1.38 bits per heavy atom. The number of sulfonamides is 1. The van der Waals surface area contributed by atoms with Gasteiger partial charge in [-0.25, -0.2) is 8.42 Å². The van der Waals surface area contributed by atoms with Crippen LogP contribution in [-0.4, -0.2) is 32.9 Å². The van der Waals surface area contributed by atoms with Gasteiger partial charge in [-0.05, 0) is 12.6 Å². The summed E-state index contributed by atoms with van der Waals surface area (Å²) in [5.41, 5.74) is 0. The third-order valence-corrected chi connectivity index (χ3v) is 6.46. The zero-order valence-corrected chi connectivity index (χ0v) is 13.9. The van der Waals surface area contributed by atoms with Gasteiger partial charge in [0.15, 0.2) is 0 Å². The molecule has 0 unspecified atom stereocenters. The minimum absolute atomic E-state index is 0.299. The number of hydrogen-bond acceptors (Lipinski definition) is 4. The van der Waals surface area contributed by atoms with E-state index in [1.54, 1.807) is 13.1 Å². The molecule has 1 aromatic carbocycles.